The highest BCUT2D eigenvalue weighted by molar-refractivity contribution is 6.55. The number of hydrogen-bond acceptors (Lipinski definition) is 1. The molecule has 0 aromatic carbocycles. The van der Waals surface area contributed by atoms with E-state index in [0.717, 1.165) is 6.54 Å². The highest BCUT2D eigenvalue weighted by Gasteiger charge is 1.92. The SMILES string of the molecule is C[Si](C)CCCCN. The molecule has 0 bridgehead atoms. The van der Waals surface area contributed by atoms with E-state index in [1.165, 1.54) is 18.9 Å². The first-order valence-corrected chi connectivity index (χ1v) is 5.97. The van der Waals surface area contributed by atoms with Crippen LogP contribution in [-0.4, -0.2) is 15.3 Å². The minimum Gasteiger partial charge on any atom is -0.330 e. The minimum atomic E-state index is 0.0374. The van der Waals surface area contributed by atoms with E-state index in [4.69, 9.17) is 5.73 Å². The molecule has 1 radical (unpaired) electrons. The third-order valence-corrected chi connectivity index (χ3v) is 2.48. The maximum absolute atomic E-state index is 5.33. The molecule has 0 aliphatic rings. The smallest absolute Gasteiger partial charge is 0.0412 e. The molecule has 0 aliphatic heterocycles. The van der Waals surface area contributed by atoms with E-state index < -0.39 is 0 Å². The van der Waals surface area contributed by atoms with E-state index in [9.17, 15) is 0 Å². The van der Waals surface area contributed by atoms with Gasteiger partial charge in [-0.15, -0.1) is 0 Å². The Bertz CT molecular complexity index is 45.8. The first-order valence-electron chi connectivity index (χ1n) is 3.26. The molecule has 0 atom stereocenters. The Morgan fingerprint density at radius 2 is 1.88 bits per heavy atom. The van der Waals surface area contributed by atoms with Crippen LogP contribution in [0, 0.1) is 0 Å². The standard InChI is InChI=1S/C6H16NSi/c1-8(2)6-4-3-5-7/h3-7H2,1-2H3. The van der Waals surface area contributed by atoms with Crippen LogP contribution in [0.15, 0.2) is 0 Å². The van der Waals surface area contributed by atoms with Crippen molar-refractivity contribution >= 4 is 8.80 Å². The quantitative estimate of drug-likeness (QED) is 0.453. The van der Waals surface area contributed by atoms with E-state index in [2.05, 4.69) is 13.1 Å². The zero-order valence-corrected chi connectivity index (χ0v) is 6.91. The van der Waals surface area contributed by atoms with Crippen LogP contribution in [0.25, 0.3) is 0 Å². The first-order chi connectivity index (χ1) is 3.77. The first kappa shape index (κ1) is 8.18. The lowest BCUT2D eigenvalue weighted by atomic mass is 10.3. The summed E-state index contributed by atoms with van der Waals surface area (Å²) in [6.07, 6.45) is 2.56. The van der Waals surface area contributed by atoms with E-state index in [-0.39, 0.29) is 8.80 Å². The van der Waals surface area contributed by atoms with Crippen LogP contribution < -0.4 is 5.73 Å². The molecule has 0 saturated heterocycles. The summed E-state index contributed by atoms with van der Waals surface area (Å²) < 4.78 is 0. The molecule has 0 amide bonds. The third-order valence-electron chi connectivity index (χ3n) is 1.13. The maximum atomic E-state index is 5.33. The molecule has 0 aromatic heterocycles. The molecule has 0 aliphatic carbocycles. The van der Waals surface area contributed by atoms with Crippen LogP contribution in [0.1, 0.15) is 12.8 Å². The van der Waals surface area contributed by atoms with Crippen LogP contribution >= 0.6 is 0 Å². The molecule has 2 heteroatoms. The van der Waals surface area contributed by atoms with Crippen molar-refractivity contribution in [3.63, 3.8) is 0 Å². The Hall–Kier alpha value is 0.177. The Morgan fingerprint density at radius 1 is 1.25 bits per heavy atom. The van der Waals surface area contributed by atoms with Crippen molar-refractivity contribution in [2.75, 3.05) is 6.54 Å². The molecule has 0 unspecified atom stereocenters. The second kappa shape index (κ2) is 5.32. The van der Waals surface area contributed by atoms with Crippen LogP contribution in [0.4, 0.5) is 0 Å². The van der Waals surface area contributed by atoms with E-state index in [1.807, 2.05) is 0 Å². The van der Waals surface area contributed by atoms with Gasteiger partial charge in [-0.3, -0.25) is 0 Å². The lowest BCUT2D eigenvalue weighted by Crippen LogP contribution is -2.02. The van der Waals surface area contributed by atoms with E-state index in [1.54, 1.807) is 0 Å². The average molecular weight is 130 g/mol. The summed E-state index contributed by atoms with van der Waals surface area (Å²) in [6.45, 7) is 5.57. The fourth-order valence-corrected chi connectivity index (χ4v) is 1.58. The third kappa shape index (κ3) is 6.18. The van der Waals surface area contributed by atoms with Crippen LogP contribution in [0.3, 0.4) is 0 Å². The van der Waals surface area contributed by atoms with Crippen molar-refractivity contribution in [3.8, 4) is 0 Å². The van der Waals surface area contributed by atoms with Crippen molar-refractivity contribution in [1.29, 1.82) is 0 Å². The Morgan fingerprint density at radius 3 is 2.25 bits per heavy atom. The van der Waals surface area contributed by atoms with Gasteiger partial charge in [0, 0.05) is 8.80 Å². The highest BCUT2D eigenvalue weighted by atomic mass is 28.3. The van der Waals surface area contributed by atoms with Gasteiger partial charge < -0.3 is 5.73 Å². The number of nitrogens with two attached hydrogens (primary N) is 1. The monoisotopic (exact) mass is 130 g/mol. The summed E-state index contributed by atoms with van der Waals surface area (Å²) in [6, 6.07) is 1.43. The van der Waals surface area contributed by atoms with Gasteiger partial charge >= 0.3 is 0 Å². The van der Waals surface area contributed by atoms with Crippen molar-refractivity contribution in [2.45, 2.75) is 32.0 Å². The fourth-order valence-electron chi connectivity index (χ4n) is 0.623. The van der Waals surface area contributed by atoms with Gasteiger partial charge in [0.25, 0.3) is 0 Å². The van der Waals surface area contributed by atoms with Gasteiger partial charge in [-0.05, 0) is 13.0 Å². The molecule has 0 saturated carbocycles. The van der Waals surface area contributed by atoms with Gasteiger partial charge in [0.05, 0.1) is 0 Å². The minimum absolute atomic E-state index is 0.0374. The lowest BCUT2D eigenvalue weighted by Gasteiger charge is -1.98. The van der Waals surface area contributed by atoms with E-state index in [0.29, 0.717) is 0 Å². The number of unbranched alkanes of at least 4 members (excludes halogenated alkanes) is 1. The molecule has 0 heterocycles. The largest absolute Gasteiger partial charge is 0.330 e. The summed E-state index contributed by atoms with van der Waals surface area (Å²) in [5.74, 6) is 0. The van der Waals surface area contributed by atoms with Gasteiger partial charge in [0.15, 0.2) is 0 Å². The molecule has 8 heavy (non-hydrogen) atoms. The van der Waals surface area contributed by atoms with Crippen molar-refractivity contribution in [3.05, 3.63) is 0 Å². The Balaban J connectivity index is 2.72. The molecule has 2 N–H and O–H groups in total. The van der Waals surface area contributed by atoms with Crippen LogP contribution in [-0.2, 0) is 0 Å². The Labute approximate surface area is 53.9 Å². The van der Waals surface area contributed by atoms with E-state index >= 15 is 0 Å². The average Bonchev–Trinajstić information content (AvgIpc) is 1.66. The normalized spacial score (nSPS) is 10.5. The fraction of sp³-hybridized carbons (Fsp3) is 1.00. The Kier molecular flexibility index (Phi) is 5.43. The number of rotatable bonds is 4. The molecule has 0 spiro atoms. The molecular weight excluding hydrogens is 114 g/mol. The second-order valence-corrected chi connectivity index (χ2v) is 5.37. The molecule has 0 aromatic rings. The van der Waals surface area contributed by atoms with Gasteiger partial charge in [-0.2, -0.15) is 0 Å². The molecule has 49 valence electrons. The topological polar surface area (TPSA) is 26.0 Å². The van der Waals surface area contributed by atoms with Gasteiger partial charge in [0.2, 0.25) is 0 Å². The predicted octanol–water partition coefficient (Wildman–Crippen LogP) is 1.48. The molecule has 0 rings (SSSR count). The molecule has 1 nitrogen and oxygen atoms in total. The second-order valence-electron chi connectivity index (χ2n) is 2.45. The maximum Gasteiger partial charge on any atom is 0.0412 e. The van der Waals surface area contributed by atoms with Crippen molar-refractivity contribution in [2.24, 2.45) is 5.73 Å². The summed E-state index contributed by atoms with van der Waals surface area (Å²) in [7, 11) is 0.0374. The van der Waals surface area contributed by atoms with Gasteiger partial charge in [-0.1, -0.05) is 25.6 Å². The summed E-state index contributed by atoms with van der Waals surface area (Å²) in [5, 5.41) is 0. The van der Waals surface area contributed by atoms with Crippen molar-refractivity contribution in [1.82, 2.24) is 0 Å². The van der Waals surface area contributed by atoms with Gasteiger partial charge in [-0.25, -0.2) is 0 Å². The zero-order chi connectivity index (χ0) is 6.41. The number of hydrogen-bond donors (Lipinski definition) is 1. The molecule has 0 fully saturated rings. The van der Waals surface area contributed by atoms with Crippen LogP contribution in [0.5, 0.6) is 0 Å². The zero-order valence-electron chi connectivity index (χ0n) is 5.91. The lowest BCUT2D eigenvalue weighted by molar-refractivity contribution is 0.801. The summed E-state index contributed by atoms with van der Waals surface area (Å²) in [5.41, 5.74) is 5.33. The summed E-state index contributed by atoms with van der Waals surface area (Å²) >= 11 is 0. The molecular formula is C6H16NSi. The van der Waals surface area contributed by atoms with Crippen LogP contribution in [0.2, 0.25) is 19.1 Å². The van der Waals surface area contributed by atoms with Crippen molar-refractivity contribution < 1.29 is 0 Å². The highest BCUT2D eigenvalue weighted by Crippen LogP contribution is 1.98. The predicted molar refractivity (Wildman–Crippen MR) is 40.6 cm³/mol. The summed E-state index contributed by atoms with van der Waals surface area (Å²) in [4.78, 5) is 0. The van der Waals surface area contributed by atoms with Gasteiger partial charge in [0.1, 0.15) is 0 Å².